The third-order valence-electron chi connectivity index (χ3n) is 2.55. The summed E-state index contributed by atoms with van der Waals surface area (Å²) in [6.07, 6.45) is 2.32. The Morgan fingerprint density at radius 2 is 2.00 bits per heavy atom. The van der Waals surface area contributed by atoms with Gasteiger partial charge in [-0.3, -0.25) is 0 Å². The Hall–Kier alpha value is -0.580. The molecule has 0 spiro atoms. The van der Waals surface area contributed by atoms with Gasteiger partial charge in [-0.1, -0.05) is 23.7 Å². The molecule has 0 unspecified atom stereocenters. The fourth-order valence-corrected chi connectivity index (χ4v) is 3.24. The van der Waals surface area contributed by atoms with Crippen LogP contribution < -0.4 is 5.32 Å². The van der Waals surface area contributed by atoms with E-state index in [4.69, 9.17) is 11.6 Å². The van der Waals surface area contributed by atoms with E-state index in [1.165, 1.54) is 0 Å². The van der Waals surface area contributed by atoms with Crippen LogP contribution in [0.3, 0.4) is 0 Å². The van der Waals surface area contributed by atoms with Crippen LogP contribution in [0.5, 0.6) is 0 Å². The van der Waals surface area contributed by atoms with Crippen LogP contribution in [-0.2, 0) is 9.84 Å². The van der Waals surface area contributed by atoms with Crippen LogP contribution in [0.4, 0.5) is 0 Å². The third-order valence-corrected chi connectivity index (χ3v) is 4.76. The van der Waals surface area contributed by atoms with Gasteiger partial charge in [0, 0.05) is 12.6 Å². The van der Waals surface area contributed by atoms with Gasteiger partial charge >= 0.3 is 0 Å². The Morgan fingerprint density at radius 1 is 1.31 bits per heavy atom. The van der Waals surface area contributed by atoms with Crippen LogP contribution in [0, 0.1) is 0 Å². The number of hydrogen-bond donors (Lipinski definition) is 1. The molecule has 0 aliphatic heterocycles. The standard InChI is InChI=1S/C11H14ClNO2S/c12-10-3-1-2-4-11(10)16(14,15)8-7-13-9-5-6-9/h1-4,9,13H,5-8H2. The van der Waals surface area contributed by atoms with Crippen molar-refractivity contribution in [2.45, 2.75) is 23.8 Å². The summed E-state index contributed by atoms with van der Waals surface area (Å²) >= 11 is 5.86. The van der Waals surface area contributed by atoms with Gasteiger partial charge in [0.15, 0.2) is 9.84 Å². The van der Waals surface area contributed by atoms with E-state index < -0.39 is 9.84 Å². The zero-order valence-corrected chi connectivity index (χ0v) is 10.4. The van der Waals surface area contributed by atoms with E-state index in [0.717, 1.165) is 12.8 Å². The minimum absolute atomic E-state index is 0.104. The van der Waals surface area contributed by atoms with Crippen LogP contribution in [0.1, 0.15) is 12.8 Å². The Kier molecular flexibility index (Phi) is 3.52. The molecule has 16 heavy (non-hydrogen) atoms. The van der Waals surface area contributed by atoms with E-state index in [2.05, 4.69) is 5.32 Å². The van der Waals surface area contributed by atoms with Crippen molar-refractivity contribution in [1.29, 1.82) is 0 Å². The average Bonchev–Trinajstić information content (AvgIpc) is 3.02. The predicted molar refractivity (Wildman–Crippen MR) is 64.5 cm³/mol. The molecule has 0 radical (unpaired) electrons. The maximum atomic E-state index is 11.9. The summed E-state index contributed by atoms with van der Waals surface area (Å²) in [4.78, 5) is 0.231. The van der Waals surface area contributed by atoms with Gasteiger partial charge in [0.05, 0.1) is 15.7 Å². The second-order valence-corrected chi connectivity index (χ2v) is 6.46. The minimum atomic E-state index is -3.25. The molecule has 0 amide bonds. The molecule has 1 fully saturated rings. The molecule has 5 heteroatoms. The van der Waals surface area contributed by atoms with Gasteiger partial charge in [-0.2, -0.15) is 0 Å². The highest BCUT2D eigenvalue weighted by Crippen LogP contribution is 2.22. The SMILES string of the molecule is O=S(=O)(CCNC1CC1)c1ccccc1Cl. The average molecular weight is 260 g/mol. The lowest BCUT2D eigenvalue weighted by atomic mass is 10.4. The third kappa shape index (κ3) is 2.97. The van der Waals surface area contributed by atoms with Crippen molar-refractivity contribution in [3.05, 3.63) is 29.3 Å². The van der Waals surface area contributed by atoms with Crippen molar-refractivity contribution in [2.24, 2.45) is 0 Å². The molecule has 2 rings (SSSR count). The molecule has 1 aromatic rings. The number of rotatable bonds is 5. The highest BCUT2D eigenvalue weighted by molar-refractivity contribution is 7.91. The summed E-state index contributed by atoms with van der Waals surface area (Å²) in [6.45, 7) is 0.498. The second-order valence-electron chi connectivity index (χ2n) is 3.98. The molecule has 1 N–H and O–H groups in total. The molecule has 0 bridgehead atoms. The topological polar surface area (TPSA) is 46.2 Å². The van der Waals surface area contributed by atoms with Gasteiger partial charge < -0.3 is 5.32 Å². The molecular formula is C11H14ClNO2S. The van der Waals surface area contributed by atoms with Crippen molar-refractivity contribution in [2.75, 3.05) is 12.3 Å². The monoisotopic (exact) mass is 259 g/mol. The Labute approximate surface area is 101 Å². The van der Waals surface area contributed by atoms with E-state index in [9.17, 15) is 8.42 Å². The Morgan fingerprint density at radius 3 is 2.62 bits per heavy atom. The molecule has 1 aromatic carbocycles. The molecular weight excluding hydrogens is 246 g/mol. The van der Waals surface area contributed by atoms with Crippen molar-refractivity contribution in [3.63, 3.8) is 0 Å². The summed E-state index contributed by atoms with van der Waals surface area (Å²) < 4.78 is 23.9. The number of hydrogen-bond acceptors (Lipinski definition) is 3. The summed E-state index contributed by atoms with van der Waals surface area (Å²) in [6, 6.07) is 7.09. The van der Waals surface area contributed by atoms with E-state index in [-0.39, 0.29) is 10.6 Å². The molecule has 3 nitrogen and oxygen atoms in total. The molecule has 0 atom stereocenters. The highest BCUT2D eigenvalue weighted by Gasteiger charge is 2.22. The van der Waals surface area contributed by atoms with Gasteiger partial charge in [0.25, 0.3) is 0 Å². The first-order valence-corrected chi connectivity index (χ1v) is 7.33. The van der Waals surface area contributed by atoms with Crippen molar-refractivity contribution in [3.8, 4) is 0 Å². The molecule has 88 valence electrons. The molecule has 1 aliphatic rings. The smallest absolute Gasteiger partial charge is 0.181 e. The first-order chi connectivity index (χ1) is 7.59. The van der Waals surface area contributed by atoms with E-state index in [1.54, 1.807) is 24.3 Å². The molecule has 1 aliphatic carbocycles. The first kappa shape index (κ1) is 11.9. The van der Waals surface area contributed by atoms with Crippen LogP contribution >= 0.6 is 11.6 Å². The van der Waals surface area contributed by atoms with Crippen molar-refractivity contribution in [1.82, 2.24) is 5.32 Å². The lowest BCUT2D eigenvalue weighted by Crippen LogP contribution is -2.24. The van der Waals surface area contributed by atoms with Gasteiger partial charge in [-0.05, 0) is 25.0 Å². The van der Waals surface area contributed by atoms with E-state index >= 15 is 0 Å². The summed E-state index contributed by atoms with van der Waals surface area (Å²) in [5.74, 6) is 0.104. The highest BCUT2D eigenvalue weighted by atomic mass is 35.5. The van der Waals surface area contributed by atoms with E-state index in [0.29, 0.717) is 17.6 Å². The Balaban J connectivity index is 2.03. The lowest BCUT2D eigenvalue weighted by Gasteiger charge is -2.06. The summed E-state index contributed by atoms with van der Waals surface area (Å²) in [7, 11) is -3.25. The zero-order chi connectivity index (χ0) is 11.6. The molecule has 0 saturated heterocycles. The maximum absolute atomic E-state index is 11.9. The number of benzene rings is 1. The Bertz CT molecular complexity index is 469. The van der Waals surface area contributed by atoms with E-state index in [1.807, 2.05) is 0 Å². The summed E-state index contributed by atoms with van der Waals surface area (Å²) in [5, 5.41) is 3.48. The van der Waals surface area contributed by atoms with Crippen LogP contribution in [-0.4, -0.2) is 26.8 Å². The van der Waals surface area contributed by atoms with Crippen molar-refractivity contribution >= 4 is 21.4 Å². The maximum Gasteiger partial charge on any atom is 0.181 e. The summed E-state index contributed by atoms with van der Waals surface area (Å²) in [5.41, 5.74) is 0. The first-order valence-electron chi connectivity index (χ1n) is 5.30. The lowest BCUT2D eigenvalue weighted by molar-refractivity contribution is 0.590. The van der Waals surface area contributed by atoms with Crippen LogP contribution in [0.15, 0.2) is 29.2 Å². The van der Waals surface area contributed by atoms with Gasteiger partial charge in [-0.25, -0.2) is 8.42 Å². The molecule has 0 aromatic heterocycles. The number of halogens is 1. The van der Waals surface area contributed by atoms with Gasteiger partial charge in [0.1, 0.15) is 0 Å². The van der Waals surface area contributed by atoms with Gasteiger partial charge in [0.2, 0.25) is 0 Å². The van der Waals surface area contributed by atoms with Crippen LogP contribution in [0.2, 0.25) is 5.02 Å². The van der Waals surface area contributed by atoms with Gasteiger partial charge in [-0.15, -0.1) is 0 Å². The zero-order valence-electron chi connectivity index (χ0n) is 8.82. The number of nitrogens with one attached hydrogen (secondary N) is 1. The normalized spacial score (nSPS) is 16.3. The quantitative estimate of drug-likeness (QED) is 0.878. The minimum Gasteiger partial charge on any atom is -0.313 e. The fraction of sp³-hybridized carbons (Fsp3) is 0.455. The predicted octanol–water partition coefficient (Wildman–Crippen LogP) is 1.87. The largest absolute Gasteiger partial charge is 0.313 e. The van der Waals surface area contributed by atoms with Crippen LogP contribution in [0.25, 0.3) is 0 Å². The number of sulfone groups is 1. The second kappa shape index (κ2) is 4.73. The fourth-order valence-electron chi connectivity index (χ4n) is 1.49. The van der Waals surface area contributed by atoms with Crippen molar-refractivity contribution < 1.29 is 8.42 Å². The molecule has 0 heterocycles. The molecule has 1 saturated carbocycles.